The van der Waals surface area contributed by atoms with Crippen molar-refractivity contribution in [1.29, 1.82) is 0 Å². The van der Waals surface area contributed by atoms with Gasteiger partial charge in [-0.3, -0.25) is 4.90 Å². The first kappa shape index (κ1) is 22.9. The van der Waals surface area contributed by atoms with E-state index in [1.807, 2.05) is 30.3 Å². The second kappa shape index (κ2) is 10.6. The second-order valence-electron chi connectivity index (χ2n) is 9.47. The minimum Gasteiger partial charge on any atom is -0.490 e. The zero-order valence-corrected chi connectivity index (χ0v) is 19.6. The topological polar surface area (TPSA) is 30.9 Å². The van der Waals surface area contributed by atoms with E-state index in [9.17, 15) is 4.39 Å². The van der Waals surface area contributed by atoms with Crippen molar-refractivity contribution in [3.05, 3.63) is 95.8 Å². The number of likely N-dealkylation sites (tertiary alicyclic amines) is 1. The van der Waals surface area contributed by atoms with Crippen LogP contribution in [0.2, 0.25) is 0 Å². The van der Waals surface area contributed by atoms with Gasteiger partial charge in [0.2, 0.25) is 0 Å². The highest BCUT2D eigenvalue weighted by Gasteiger charge is 2.42. The van der Waals surface area contributed by atoms with Crippen molar-refractivity contribution in [2.45, 2.75) is 31.7 Å². The van der Waals surface area contributed by atoms with Gasteiger partial charge in [-0.05, 0) is 72.2 Å². The first-order valence-electron chi connectivity index (χ1n) is 12.1. The monoisotopic (exact) mass is 461 g/mol. The van der Waals surface area contributed by atoms with E-state index in [1.165, 1.54) is 17.7 Å². The maximum Gasteiger partial charge on any atom is 0.123 e. The van der Waals surface area contributed by atoms with E-state index in [-0.39, 0.29) is 18.0 Å². The maximum absolute atomic E-state index is 13.1. The van der Waals surface area contributed by atoms with E-state index in [4.69, 9.17) is 14.2 Å². The summed E-state index contributed by atoms with van der Waals surface area (Å²) in [6.45, 7) is 3.60. The molecule has 5 rings (SSSR count). The van der Waals surface area contributed by atoms with Crippen molar-refractivity contribution in [2.24, 2.45) is 11.8 Å². The average Bonchev–Trinajstić information content (AvgIpc) is 3.42. The molecule has 4 nitrogen and oxygen atoms in total. The summed E-state index contributed by atoms with van der Waals surface area (Å²) < 4.78 is 31.0. The van der Waals surface area contributed by atoms with Gasteiger partial charge in [-0.1, -0.05) is 42.5 Å². The molecule has 1 saturated carbocycles. The normalized spacial score (nSPS) is 22.9. The van der Waals surface area contributed by atoms with Gasteiger partial charge in [0.25, 0.3) is 0 Å². The Labute approximate surface area is 201 Å². The molecular formula is C29H32FNO3. The molecule has 0 bridgehead atoms. The minimum atomic E-state index is -0.228. The van der Waals surface area contributed by atoms with E-state index < -0.39 is 0 Å². The quantitative estimate of drug-likeness (QED) is 0.398. The number of benzene rings is 3. The first-order valence-corrected chi connectivity index (χ1v) is 12.1. The van der Waals surface area contributed by atoms with E-state index in [0.29, 0.717) is 18.4 Å². The molecule has 2 fully saturated rings. The molecular weight excluding hydrogens is 429 g/mol. The molecule has 0 spiro atoms. The lowest BCUT2D eigenvalue weighted by molar-refractivity contribution is 0.0667. The summed E-state index contributed by atoms with van der Waals surface area (Å²) in [7, 11) is 1.79. The smallest absolute Gasteiger partial charge is 0.123 e. The van der Waals surface area contributed by atoms with Crippen LogP contribution in [0, 0.1) is 17.7 Å². The Morgan fingerprint density at radius 1 is 0.853 bits per heavy atom. The molecule has 3 unspecified atom stereocenters. The van der Waals surface area contributed by atoms with Gasteiger partial charge in [-0.25, -0.2) is 4.39 Å². The maximum atomic E-state index is 13.1. The van der Waals surface area contributed by atoms with E-state index in [0.717, 1.165) is 49.5 Å². The largest absolute Gasteiger partial charge is 0.490 e. The predicted octanol–water partition coefficient (Wildman–Crippen LogP) is 5.88. The molecule has 3 aromatic carbocycles. The summed E-state index contributed by atoms with van der Waals surface area (Å²) in [5.74, 6) is 2.70. The van der Waals surface area contributed by atoms with Gasteiger partial charge >= 0.3 is 0 Å². The van der Waals surface area contributed by atoms with Crippen LogP contribution in [-0.2, 0) is 11.3 Å². The molecule has 0 radical (unpaired) electrons. The number of hydrogen-bond donors (Lipinski definition) is 0. The fourth-order valence-corrected chi connectivity index (χ4v) is 5.36. The summed E-state index contributed by atoms with van der Waals surface area (Å²) in [5.41, 5.74) is 2.33. The lowest BCUT2D eigenvalue weighted by Crippen LogP contribution is -2.29. The Kier molecular flexibility index (Phi) is 7.12. The Morgan fingerprint density at radius 2 is 1.50 bits per heavy atom. The second-order valence-corrected chi connectivity index (χ2v) is 9.47. The van der Waals surface area contributed by atoms with Gasteiger partial charge in [0.1, 0.15) is 23.9 Å². The van der Waals surface area contributed by atoms with Gasteiger partial charge in [-0.15, -0.1) is 0 Å². The average molecular weight is 462 g/mol. The highest BCUT2D eigenvalue weighted by molar-refractivity contribution is 5.29. The molecule has 1 aliphatic heterocycles. The van der Waals surface area contributed by atoms with Crippen molar-refractivity contribution in [1.82, 2.24) is 4.90 Å². The fourth-order valence-electron chi connectivity index (χ4n) is 5.36. The first-order chi connectivity index (χ1) is 16.7. The molecule has 178 valence electrons. The van der Waals surface area contributed by atoms with Gasteiger partial charge in [0.05, 0.1) is 12.2 Å². The van der Waals surface area contributed by atoms with E-state index in [1.54, 1.807) is 19.2 Å². The highest BCUT2D eigenvalue weighted by atomic mass is 19.1. The Bertz CT molecular complexity index is 1030. The standard InChI is InChI=1S/C29H32FNO3/c1-32-29(22-7-11-26(12-8-22)33-20-21-5-3-2-4-6-21)19-31-17-23-15-28(16-24(23)18-31)34-27-13-9-25(30)10-14-27/h2-14,23-24,28-29H,15-20H2,1H3/t23-,24?,28?,29?/m1/s1. The Hall–Kier alpha value is -2.89. The summed E-state index contributed by atoms with van der Waals surface area (Å²) in [6, 6.07) is 24.8. The van der Waals surface area contributed by atoms with Crippen LogP contribution in [-0.4, -0.2) is 37.7 Å². The van der Waals surface area contributed by atoms with Crippen LogP contribution in [0.5, 0.6) is 11.5 Å². The minimum absolute atomic E-state index is 0.0354. The van der Waals surface area contributed by atoms with Crippen molar-refractivity contribution in [3.63, 3.8) is 0 Å². The van der Waals surface area contributed by atoms with Crippen LogP contribution < -0.4 is 9.47 Å². The summed E-state index contributed by atoms with van der Waals surface area (Å²) in [4.78, 5) is 2.53. The number of nitrogens with zero attached hydrogens (tertiary/aromatic N) is 1. The summed E-state index contributed by atoms with van der Waals surface area (Å²) >= 11 is 0. The van der Waals surface area contributed by atoms with Crippen LogP contribution in [0.3, 0.4) is 0 Å². The van der Waals surface area contributed by atoms with Crippen LogP contribution in [0.15, 0.2) is 78.9 Å². The van der Waals surface area contributed by atoms with Crippen LogP contribution in [0.1, 0.15) is 30.1 Å². The van der Waals surface area contributed by atoms with Crippen molar-refractivity contribution in [3.8, 4) is 11.5 Å². The molecule has 5 heteroatoms. The van der Waals surface area contributed by atoms with Crippen molar-refractivity contribution < 1.29 is 18.6 Å². The fraction of sp³-hybridized carbons (Fsp3) is 0.379. The molecule has 0 amide bonds. The number of hydrogen-bond acceptors (Lipinski definition) is 4. The molecule has 4 atom stereocenters. The Balaban J connectivity index is 1.10. The number of ether oxygens (including phenoxy) is 3. The molecule has 1 aliphatic carbocycles. The molecule has 34 heavy (non-hydrogen) atoms. The zero-order valence-electron chi connectivity index (χ0n) is 19.6. The summed E-state index contributed by atoms with van der Waals surface area (Å²) in [6.07, 6.45) is 2.38. The van der Waals surface area contributed by atoms with Gasteiger partial charge in [-0.2, -0.15) is 0 Å². The van der Waals surface area contributed by atoms with Crippen molar-refractivity contribution >= 4 is 0 Å². The molecule has 0 aromatic heterocycles. The third kappa shape index (κ3) is 5.60. The lowest BCUT2D eigenvalue weighted by atomic mass is 10.0. The van der Waals surface area contributed by atoms with Gasteiger partial charge in [0.15, 0.2) is 0 Å². The molecule has 2 aliphatic rings. The Morgan fingerprint density at radius 3 is 2.15 bits per heavy atom. The van der Waals surface area contributed by atoms with Crippen LogP contribution >= 0.6 is 0 Å². The van der Waals surface area contributed by atoms with Crippen LogP contribution in [0.4, 0.5) is 4.39 Å². The number of rotatable bonds is 9. The van der Waals surface area contributed by atoms with Gasteiger partial charge in [0, 0.05) is 26.7 Å². The number of methoxy groups -OCH3 is 1. The third-order valence-electron chi connectivity index (χ3n) is 7.11. The SMILES string of the molecule is COC(CN1CC2CC(Oc3ccc(F)cc3)C[C@@H]2C1)c1ccc(OCc2ccccc2)cc1. The number of fused-ring (bicyclic) bond motifs is 1. The highest BCUT2D eigenvalue weighted by Crippen LogP contribution is 2.40. The van der Waals surface area contributed by atoms with Gasteiger partial charge < -0.3 is 14.2 Å². The van der Waals surface area contributed by atoms with Crippen molar-refractivity contribution in [2.75, 3.05) is 26.7 Å². The van der Waals surface area contributed by atoms with Crippen LogP contribution in [0.25, 0.3) is 0 Å². The zero-order chi connectivity index (χ0) is 23.3. The molecule has 0 N–H and O–H groups in total. The summed E-state index contributed by atoms with van der Waals surface area (Å²) in [5, 5.41) is 0. The van der Waals surface area contributed by atoms with E-state index in [2.05, 4.69) is 29.2 Å². The molecule has 3 aromatic rings. The third-order valence-corrected chi connectivity index (χ3v) is 7.11. The lowest BCUT2D eigenvalue weighted by Gasteiger charge is -2.25. The molecule has 1 heterocycles. The molecule has 1 saturated heterocycles. The van der Waals surface area contributed by atoms with E-state index >= 15 is 0 Å². The number of halogens is 1. The predicted molar refractivity (Wildman–Crippen MR) is 130 cm³/mol.